The summed E-state index contributed by atoms with van der Waals surface area (Å²) in [6, 6.07) is 1.98. The van der Waals surface area contributed by atoms with E-state index in [4.69, 9.17) is 0 Å². The van der Waals surface area contributed by atoms with Crippen molar-refractivity contribution in [2.75, 3.05) is 11.9 Å². The zero-order valence-electron chi connectivity index (χ0n) is 11.6. The molecule has 0 unspecified atom stereocenters. The van der Waals surface area contributed by atoms with Gasteiger partial charge in [-0.15, -0.1) is 0 Å². The Morgan fingerprint density at radius 3 is 2.56 bits per heavy atom. The van der Waals surface area contributed by atoms with Crippen molar-refractivity contribution >= 4 is 11.3 Å². The highest BCUT2D eigenvalue weighted by Crippen LogP contribution is 2.21. The summed E-state index contributed by atoms with van der Waals surface area (Å²) in [6.07, 6.45) is 5.44. The third-order valence-corrected chi connectivity index (χ3v) is 3.54. The van der Waals surface area contributed by atoms with Crippen LogP contribution in [0.25, 0.3) is 5.52 Å². The molecule has 4 heteroatoms. The Hall–Kier alpha value is -1.58. The summed E-state index contributed by atoms with van der Waals surface area (Å²) in [5.41, 5.74) is 1.03. The van der Waals surface area contributed by atoms with Crippen molar-refractivity contribution in [1.82, 2.24) is 14.6 Å². The van der Waals surface area contributed by atoms with Crippen LogP contribution in [0.3, 0.4) is 0 Å². The molecular weight excluding hydrogens is 224 g/mol. The van der Waals surface area contributed by atoms with Crippen LogP contribution in [-0.4, -0.2) is 21.1 Å². The lowest BCUT2D eigenvalue weighted by Crippen LogP contribution is -2.25. The van der Waals surface area contributed by atoms with Crippen LogP contribution in [0.1, 0.15) is 27.7 Å². The first-order valence-corrected chi connectivity index (χ1v) is 6.62. The minimum Gasteiger partial charge on any atom is -0.368 e. The molecule has 0 bridgehead atoms. The molecule has 0 saturated heterocycles. The van der Waals surface area contributed by atoms with Gasteiger partial charge in [-0.05, 0) is 23.8 Å². The average molecular weight is 246 g/mol. The average Bonchev–Trinajstić information content (AvgIpc) is 2.77. The van der Waals surface area contributed by atoms with Crippen LogP contribution in [0.5, 0.6) is 0 Å². The van der Waals surface area contributed by atoms with Crippen molar-refractivity contribution < 1.29 is 0 Å². The maximum Gasteiger partial charge on any atom is 0.152 e. The first kappa shape index (κ1) is 12.9. The summed E-state index contributed by atoms with van der Waals surface area (Å²) in [5.74, 6) is 2.90. The lowest BCUT2D eigenvalue weighted by molar-refractivity contribution is 0.304. The molecule has 2 heterocycles. The molecule has 0 saturated carbocycles. The van der Waals surface area contributed by atoms with E-state index in [0.717, 1.165) is 17.9 Å². The number of aromatic nitrogens is 3. The Morgan fingerprint density at radius 2 is 1.89 bits per heavy atom. The zero-order valence-corrected chi connectivity index (χ0v) is 11.6. The lowest BCUT2D eigenvalue weighted by Gasteiger charge is -2.25. The largest absolute Gasteiger partial charge is 0.368 e. The van der Waals surface area contributed by atoms with Gasteiger partial charge in [0.15, 0.2) is 5.82 Å². The lowest BCUT2D eigenvalue weighted by atomic mass is 9.85. The van der Waals surface area contributed by atoms with Crippen LogP contribution in [0.15, 0.2) is 24.7 Å². The molecule has 98 valence electrons. The SMILES string of the molecule is CC(C)C(CNc1nccn2nccc12)C(C)C. The molecule has 0 aliphatic rings. The molecule has 0 spiro atoms. The van der Waals surface area contributed by atoms with Crippen LogP contribution >= 0.6 is 0 Å². The number of nitrogens with one attached hydrogen (secondary N) is 1. The maximum absolute atomic E-state index is 4.40. The number of nitrogens with zero attached hydrogens (tertiary/aromatic N) is 3. The molecule has 4 nitrogen and oxygen atoms in total. The number of rotatable bonds is 5. The van der Waals surface area contributed by atoms with Gasteiger partial charge < -0.3 is 5.32 Å². The highest BCUT2D eigenvalue weighted by Gasteiger charge is 2.17. The van der Waals surface area contributed by atoms with Crippen molar-refractivity contribution in [2.45, 2.75) is 27.7 Å². The van der Waals surface area contributed by atoms with E-state index in [1.807, 2.05) is 16.8 Å². The first-order valence-electron chi connectivity index (χ1n) is 6.62. The van der Waals surface area contributed by atoms with E-state index in [2.05, 4.69) is 43.1 Å². The predicted molar refractivity (Wildman–Crippen MR) is 74.6 cm³/mol. The summed E-state index contributed by atoms with van der Waals surface area (Å²) in [4.78, 5) is 4.40. The molecule has 0 aliphatic heterocycles. The molecule has 2 aromatic heterocycles. The van der Waals surface area contributed by atoms with Gasteiger partial charge in [0.25, 0.3) is 0 Å². The van der Waals surface area contributed by atoms with Gasteiger partial charge >= 0.3 is 0 Å². The smallest absolute Gasteiger partial charge is 0.152 e. The Bertz CT molecular complexity index is 493. The van der Waals surface area contributed by atoms with Crippen LogP contribution in [0.4, 0.5) is 5.82 Å². The van der Waals surface area contributed by atoms with Crippen molar-refractivity contribution in [2.24, 2.45) is 17.8 Å². The summed E-state index contributed by atoms with van der Waals surface area (Å²) in [6.45, 7) is 10.1. The minimum absolute atomic E-state index is 0.648. The zero-order chi connectivity index (χ0) is 13.1. The van der Waals surface area contributed by atoms with E-state index in [1.165, 1.54) is 0 Å². The second-order valence-electron chi connectivity index (χ2n) is 5.47. The normalized spacial score (nSPS) is 11.9. The molecule has 1 N–H and O–H groups in total. The highest BCUT2D eigenvalue weighted by atomic mass is 15.2. The summed E-state index contributed by atoms with van der Waals surface area (Å²) < 4.78 is 1.84. The van der Waals surface area contributed by atoms with Crippen molar-refractivity contribution in [1.29, 1.82) is 0 Å². The van der Waals surface area contributed by atoms with Crippen molar-refractivity contribution in [3.63, 3.8) is 0 Å². The summed E-state index contributed by atoms with van der Waals surface area (Å²) >= 11 is 0. The van der Waals surface area contributed by atoms with Crippen LogP contribution in [-0.2, 0) is 0 Å². The van der Waals surface area contributed by atoms with E-state index in [0.29, 0.717) is 17.8 Å². The maximum atomic E-state index is 4.40. The van der Waals surface area contributed by atoms with Gasteiger partial charge in [0.05, 0.1) is 6.20 Å². The van der Waals surface area contributed by atoms with Gasteiger partial charge in [0.1, 0.15) is 5.52 Å². The molecule has 0 aromatic carbocycles. The Balaban J connectivity index is 2.12. The number of hydrogen-bond donors (Lipinski definition) is 1. The summed E-state index contributed by atoms with van der Waals surface area (Å²) in [7, 11) is 0. The van der Waals surface area contributed by atoms with E-state index < -0.39 is 0 Å². The van der Waals surface area contributed by atoms with Crippen molar-refractivity contribution in [3.8, 4) is 0 Å². The third kappa shape index (κ3) is 2.63. The van der Waals surface area contributed by atoms with E-state index in [1.54, 1.807) is 12.4 Å². The molecule has 2 rings (SSSR count). The molecule has 0 aliphatic carbocycles. The summed E-state index contributed by atoms with van der Waals surface area (Å²) in [5, 5.41) is 7.68. The quantitative estimate of drug-likeness (QED) is 0.881. The molecule has 18 heavy (non-hydrogen) atoms. The molecule has 0 fully saturated rings. The molecule has 0 radical (unpaired) electrons. The van der Waals surface area contributed by atoms with Gasteiger partial charge in [0.2, 0.25) is 0 Å². The first-order chi connectivity index (χ1) is 8.59. The van der Waals surface area contributed by atoms with E-state index >= 15 is 0 Å². The standard InChI is InChI=1S/C14H22N4/c1-10(2)12(11(3)4)9-16-14-13-5-6-17-18(13)8-7-15-14/h5-8,10-12H,9H2,1-4H3,(H,15,16). The van der Waals surface area contributed by atoms with Crippen LogP contribution < -0.4 is 5.32 Å². The third-order valence-electron chi connectivity index (χ3n) is 3.54. The van der Waals surface area contributed by atoms with Gasteiger partial charge in [-0.2, -0.15) is 5.10 Å². The highest BCUT2D eigenvalue weighted by molar-refractivity contribution is 5.66. The van der Waals surface area contributed by atoms with Gasteiger partial charge in [-0.1, -0.05) is 27.7 Å². The second-order valence-corrected chi connectivity index (χ2v) is 5.47. The fourth-order valence-corrected chi connectivity index (χ4v) is 2.45. The fourth-order valence-electron chi connectivity index (χ4n) is 2.45. The van der Waals surface area contributed by atoms with Gasteiger partial charge in [0, 0.05) is 18.9 Å². The predicted octanol–water partition coefficient (Wildman–Crippen LogP) is 3.07. The van der Waals surface area contributed by atoms with Crippen molar-refractivity contribution in [3.05, 3.63) is 24.7 Å². The van der Waals surface area contributed by atoms with E-state index in [9.17, 15) is 0 Å². The molecule has 2 aromatic rings. The molecule has 0 amide bonds. The Kier molecular flexibility index (Phi) is 3.84. The molecular formula is C14H22N4. The Morgan fingerprint density at radius 1 is 1.17 bits per heavy atom. The van der Waals surface area contributed by atoms with Crippen LogP contribution in [0, 0.1) is 17.8 Å². The fraction of sp³-hybridized carbons (Fsp3) is 0.571. The van der Waals surface area contributed by atoms with Gasteiger partial charge in [-0.25, -0.2) is 9.50 Å². The van der Waals surface area contributed by atoms with Gasteiger partial charge in [-0.3, -0.25) is 0 Å². The van der Waals surface area contributed by atoms with Crippen LogP contribution in [0.2, 0.25) is 0 Å². The number of fused-ring (bicyclic) bond motifs is 1. The molecule has 0 atom stereocenters. The second kappa shape index (κ2) is 5.38. The Labute approximate surface area is 108 Å². The topological polar surface area (TPSA) is 42.2 Å². The number of hydrogen-bond acceptors (Lipinski definition) is 3. The number of anilines is 1. The monoisotopic (exact) mass is 246 g/mol. The minimum atomic E-state index is 0.648. The van der Waals surface area contributed by atoms with E-state index in [-0.39, 0.29) is 0 Å².